The molecule has 1 aromatic carbocycles. The van der Waals surface area contributed by atoms with Gasteiger partial charge in [-0.05, 0) is 49.9 Å². The number of hydrogen-bond acceptors (Lipinski definition) is 3. The van der Waals surface area contributed by atoms with E-state index in [0.29, 0.717) is 12.5 Å². The first-order chi connectivity index (χ1) is 10.5. The zero-order valence-electron chi connectivity index (χ0n) is 13.5. The maximum atomic E-state index is 11.9. The van der Waals surface area contributed by atoms with E-state index in [0.717, 1.165) is 24.2 Å². The molecule has 5 heteroatoms. The molecule has 5 nitrogen and oxygen atoms in total. The number of rotatable bonds is 7. The summed E-state index contributed by atoms with van der Waals surface area (Å²) in [5.41, 5.74) is 1.65. The van der Waals surface area contributed by atoms with Crippen LogP contribution in [0.5, 0.6) is 0 Å². The standard InChI is InChI=1S/C17H25N3O2/c1-11(2)10-18-16(21)12(3)19-14-6-8-15(9-7-14)20-17(22)13-4-5-13/h6-9,11-13,19H,4-5,10H2,1-3H3,(H,18,21)(H,20,22). The molecule has 2 amide bonds. The minimum Gasteiger partial charge on any atom is -0.374 e. The zero-order chi connectivity index (χ0) is 16.1. The Kier molecular flexibility index (Phi) is 5.41. The van der Waals surface area contributed by atoms with Crippen LogP contribution in [0.4, 0.5) is 11.4 Å². The van der Waals surface area contributed by atoms with Gasteiger partial charge in [-0.25, -0.2) is 0 Å². The Morgan fingerprint density at radius 2 is 1.68 bits per heavy atom. The molecule has 1 unspecified atom stereocenters. The molecule has 0 heterocycles. The van der Waals surface area contributed by atoms with Crippen molar-refractivity contribution in [2.45, 2.75) is 39.7 Å². The molecule has 0 aromatic heterocycles. The Balaban J connectivity index is 1.82. The number of amides is 2. The summed E-state index contributed by atoms with van der Waals surface area (Å²) in [5, 5.41) is 8.95. The SMILES string of the molecule is CC(C)CNC(=O)C(C)Nc1ccc(NC(=O)C2CC2)cc1. The quantitative estimate of drug-likeness (QED) is 0.725. The first-order valence-corrected chi connectivity index (χ1v) is 7.91. The average molecular weight is 303 g/mol. The van der Waals surface area contributed by atoms with Crippen molar-refractivity contribution in [1.82, 2.24) is 5.32 Å². The van der Waals surface area contributed by atoms with Crippen LogP contribution in [-0.4, -0.2) is 24.4 Å². The molecule has 120 valence electrons. The van der Waals surface area contributed by atoms with E-state index in [1.165, 1.54) is 0 Å². The first-order valence-electron chi connectivity index (χ1n) is 7.91. The van der Waals surface area contributed by atoms with Crippen LogP contribution < -0.4 is 16.0 Å². The van der Waals surface area contributed by atoms with Crippen molar-refractivity contribution in [3.8, 4) is 0 Å². The van der Waals surface area contributed by atoms with Gasteiger partial charge in [-0.15, -0.1) is 0 Å². The highest BCUT2D eigenvalue weighted by atomic mass is 16.2. The molecular formula is C17H25N3O2. The van der Waals surface area contributed by atoms with Gasteiger partial charge in [0.1, 0.15) is 6.04 Å². The van der Waals surface area contributed by atoms with Gasteiger partial charge in [-0.1, -0.05) is 13.8 Å². The lowest BCUT2D eigenvalue weighted by atomic mass is 10.2. The first kappa shape index (κ1) is 16.3. The lowest BCUT2D eigenvalue weighted by molar-refractivity contribution is -0.121. The van der Waals surface area contributed by atoms with E-state index < -0.39 is 0 Å². The second-order valence-corrected chi connectivity index (χ2v) is 6.35. The van der Waals surface area contributed by atoms with Crippen LogP contribution in [0.2, 0.25) is 0 Å². The predicted octanol–water partition coefficient (Wildman–Crippen LogP) is 2.61. The van der Waals surface area contributed by atoms with E-state index in [4.69, 9.17) is 0 Å². The van der Waals surface area contributed by atoms with Gasteiger partial charge in [-0.3, -0.25) is 9.59 Å². The van der Waals surface area contributed by atoms with Gasteiger partial charge < -0.3 is 16.0 Å². The molecule has 1 aromatic rings. The van der Waals surface area contributed by atoms with Crippen molar-refractivity contribution in [3.05, 3.63) is 24.3 Å². The highest BCUT2D eigenvalue weighted by Crippen LogP contribution is 2.30. The van der Waals surface area contributed by atoms with Crippen LogP contribution in [0.3, 0.4) is 0 Å². The van der Waals surface area contributed by atoms with Crippen molar-refractivity contribution >= 4 is 23.2 Å². The number of hydrogen-bond donors (Lipinski definition) is 3. The van der Waals surface area contributed by atoms with E-state index in [9.17, 15) is 9.59 Å². The number of carbonyl (C=O) groups excluding carboxylic acids is 2. The topological polar surface area (TPSA) is 70.2 Å². The minimum atomic E-state index is -0.300. The molecule has 0 bridgehead atoms. The van der Waals surface area contributed by atoms with Crippen molar-refractivity contribution in [2.24, 2.45) is 11.8 Å². The summed E-state index contributed by atoms with van der Waals surface area (Å²) >= 11 is 0. The molecule has 1 aliphatic carbocycles. The molecule has 2 rings (SSSR count). The van der Waals surface area contributed by atoms with Gasteiger partial charge in [0, 0.05) is 23.8 Å². The second kappa shape index (κ2) is 7.29. The maximum absolute atomic E-state index is 11.9. The summed E-state index contributed by atoms with van der Waals surface area (Å²) in [7, 11) is 0. The van der Waals surface area contributed by atoms with Gasteiger partial charge in [0.2, 0.25) is 11.8 Å². The molecule has 22 heavy (non-hydrogen) atoms. The Labute approximate surface area is 131 Å². The van der Waals surface area contributed by atoms with Gasteiger partial charge in [-0.2, -0.15) is 0 Å². The fraction of sp³-hybridized carbons (Fsp3) is 0.529. The average Bonchev–Trinajstić information content (AvgIpc) is 3.31. The third-order valence-corrected chi connectivity index (χ3v) is 3.56. The van der Waals surface area contributed by atoms with Gasteiger partial charge in [0.05, 0.1) is 0 Å². The molecular weight excluding hydrogens is 278 g/mol. The summed E-state index contributed by atoms with van der Waals surface area (Å²) in [6.07, 6.45) is 1.99. The molecule has 1 fully saturated rings. The largest absolute Gasteiger partial charge is 0.374 e. The van der Waals surface area contributed by atoms with Crippen LogP contribution in [-0.2, 0) is 9.59 Å². The Hall–Kier alpha value is -2.04. The third-order valence-electron chi connectivity index (χ3n) is 3.56. The van der Waals surface area contributed by atoms with E-state index in [1.54, 1.807) is 0 Å². The lowest BCUT2D eigenvalue weighted by Gasteiger charge is -2.16. The van der Waals surface area contributed by atoms with Gasteiger partial charge >= 0.3 is 0 Å². The van der Waals surface area contributed by atoms with E-state index in [-0.39, 0.29) is 23.8 Å². The number of carbonyl (C=O) groups is 2. The highest BCUT2D eigenvalue weighted by Gasteiger charge is 2.29. The summed E-state index contributed by atoms with van der Waals surface area (Å²) in [6, 6.07) is 7.14. The number of nitrogens with one attached hydrogen (secondary N) is 3. The second-order valence-electron chi connectivity index (χ2n) is 6.35. The number of benzene rings is 1. The van der Waals surface area contributed by atoms with Crippen molar-refractivity contribution in [3.63, 3.8) is 0 Å². The molecule has 0 spiro atoms. The van der Waals surface area contributed by atoms with Crippen LogP contribution in [0.25, 0.3) is 0 Å². The fourth-order valence-corrected chi connectivity index (χ4v) is 2.01. The molecule has 3 N–H and O–H groups in total. The molecule has 1 atom stereocenters. The fourth-order valence-electron chi connectivity index (χ4n) is 2.01. The summed E-state index contributed by atoms with van der Waals surface area (Å²) in [6.45, 7) is 6.63. The predicted molar refractivity (Wildman–Crippen MR) is 88.7 cm³/mol. The Bertz CT molecular complexity index is 521. The van der Waals surface area contributed by atoms with Gasteiger partial charge in [0.25, 0.3) is 0 Å². The van der Waals surface area contributed by atoms with Crippen LogP contribution in [0.15, 0.2) is 24.3 Å². The monoisotopic (exact) mass is 303 g/mol. The molecule has 0 aliphatic heterocycles. The van der Waals surface area contributed by atoms with Crippen molar-refractivity contribution in [1.29, 1.82) is 0 Å². The smallest absolute Gasteiger partial charge is 0.242 e. The maximum Gasteiger partial charge on any atom is 0.242 e. The summed E-state index contributed by atoms with van der Waals surface area (Å²) in [5.74, 6) is 0.718. The molecule has 0 radical (unpaired) electrons. The summed E-state index contributed by atoms with van der Waals surface area (Å²) in [4.78, 5) is 23.6. The lowest BCUT2D eigenvalue weighted by Crippen LogP contribution is -2.39. The minimum absolute atomic E-state index is 0.0141. The summed E-state index contributed by atoms with van der Waals surface area (Å²) < 4.78 is 0. The molecule has 0 saturated heterocycles. The number of anilines is 2. The Morgan fingerprint density at radius 3 is 2.23 bits per heavy atom. The van der Waals surface area contributed by atoms with E-state index in [2.05, 4.69) is 29.8 Å². The zero-order valence-corrected chi connectivity index (χ0v) is 13.5. The molecule has 1 aliphatic rings. The Morgan fingerprint density at radius 1 is 1.09 bits per heavy atom. The van der Waals surface area contributed by atoms with E-state index in [1.807, 2.05) is 31.2 Å². The van der Waals surface area contributed by atoms with Crippen molar-refractivity contribution in [2.75, 3.05) is 17.2 Å². The van der Waals surface area contributed by atoms with Gasteiger partial charge in [0.15, 0.2) is 0 Å². The molecule has 1 saturated carbocycles. The highest BCUT2D eigenvalue weighted by molar-refractivity contribution is 5.94. The van der Waals surface area contributed by atoms with Crippen molar-refractivity contribution < 1.29 is 9.59 Å². The van der Waals surface area contributed by atoms with Crippen LogP contribution in [0.1, 0.15) is 33.6 Å². The van der Waals surface area contributed by atoms with E-state index >= 15 is 0 Å². The van der Waals surface area contributed by atoms with Crippen LogP contribution >= 0.6 is 0 Å². The normalized spacial score (nSPS) is 15.3. The third kappa shape index (κ3) is 5.06. The van der Waals surface area contributed by atoms with Crippen LogP contribution in [0, 0.1) is 11.8 Å².